The smallest absolute Gasteiger partial charge is 0.319 e. The molecule has 12 heteroatoms. The Morgan fingerprint density at radius 2 is 1.98 bits per heavy atom. The first-order valence-electron chi connectivity index (χ1n) is 17.8. The Kier molecular flexibility index (Phi) is 6.62. The number of nitrogens with zero attached hydrogens (tertiary/aromatic N) is 5. The van der Waals surface area contributed by atoms with E-state index in [0.29, 0.717) is 65.6 Å². The lowest BCUT2D eigenvalue weighted by Crippen LogP contribution is -2.60. The van der Waals surface area contributed by atoms with Gasteiger partial charge in [0.1, 0.15) is 40.6 Å². The minimum Gasteiger partial charge on any atom is -0.508 e. The lowest BCUT2D eigenvalue weighted by atomic mass is 9.94. The van der Waals surface area contributed by atoms with Crippen LogP contribution in [0.1, 0.15) is 44.6 Å². The number of hydrogen-bond donors (Lipinski definition) is 3. The quantitative estimate of drug-likeness (QED) is 0.246. The number of benzene rings is 2. The number of aromatic hydroxyl groups is 1. The largest absolute Gasteiger partial charge is 0.508 e. The number of piperazine rings is 1. The van der Waals surface area contributed by atoms with Gasteiger partial charge in [0.05, 0.1) is 19.3 Å². The average molecular weight is 671 g/mol. The van der Waals surface area contributed by atoms with Crippen LogP contribution >= 0.6 is 0 Å². The summed E-state index contributed by atoms with van der Waals surface area (Å²) >= 11 is 0. The molecule has 6 atom stereocenters. The third-order valence-electron chi connectivity index (χ3n) is 12.3. The topological polar surface area (TPSA) is 116 Å². The fraction of sp³-hybridized carbons (Fsp3) is 0.541. The number of rotatable bonds is 8. The molecule has 49 heavy (non-hydrogen) atoms. The van der Waals surface area contributed by atoms with Gasteiger partial charge in [0.15, 0.2) is 5.82 Å². The van der Waals surface area contributed by atoms with Crippen LogP contribution in [-0.2, 0) is 6.42 Å². The molecule has 6 heterocycles. The molecule has 4 aliphatic heterocycles. The number of phenolic OH excluding ortho intramolecular Hbond substituents is 1. The van der Waals surface area contributed by atoms with Crippen LogP contribution in [0.25, 0.3) is 32.9 Å². The molecule has 10 nitrogen and oxygen atoms in total. The average Bonchev–Trinajstić information content (AvgIpc) is 3.99. The molecular formula is C37H40F2N6O4. The molecular weight excluding hydrogens is 630 g/mol. The molecule has 2 aliphatic carbocycles. The zero-order chi connectivity index (χ0) is 33.2. The Bertz CT molecular complexity index is 2030. The summed E-state index contributed by atoms with van der Waals surface area (Å²) in [6.45, 7) is 5.33. The first-order chi connectivity index (χ1) is 23.8. The molecule has 256 valence electrons. The highest BCUT2D eigenvalue weighted by Gasteiger charge is 2.55. The number of aryl methyl sites for hydroxylation is 1. The Morgan fingerprint density at radius 3 is 2.80 bits per heavy atom. The molecule has 4 aromatic rings. The van der Waals surface area contributed by atoms with Crippen LogP contribution in [0.15, 0.2) is 24.3 Å². The number of phenols is 1. The molecule has 3 saturated heterocycles. The van der Waals surface area contributed by atoms with Crippen LogP contribution in [0.4, 0.5) is 14.6 Å². The van der Waals surface area contributed by atoms with Gasteiger partial charge in [-0.3, -0.25) is 4.90 Å². The van der Waals surface area contributed by atoms with E-state index in [4.69, 9.17) is 24.4 Å². The summed E-state index contributed by atoms with van der Waals surface area (Å²) in [5.41, 5.74) is 0.600. The van der Waals surface area contributed by atoms with Gasteiger partial charge >= 0.3 is 6.01 Å². The number of likely N-dealkylation sites (tertiary alicyclic amines) is 1. The maximum atomic E-state index is 17.2. The monoisotopic (exact) mass is 670 g/mol. The van der Waals surface area contributed by atoms with E-state index in [0.717, 1.165) is 38.8 Å². The third-order valence-corrected chi connectivity index (χ3v) is 12.3. The summed E-state index contributed by atoms with van der Waals surface area (Å²) in [6.07, 6.45) is 5.67. The van der Waals surface area contributed by atoms with E-state index in [1.807, 2.05) is 6.92 Å². The highest BCUT2D eigenvalue weighted by molar-refractivity contribution is 6.03. The highest BCUT2D eigenvalue weighted by atomic mass is 19.1. The molecule has 0 amide bonds. The van der Waals surface area contributed by atoms with Crippen molar-refractivity contribution in [1.82, 2.24) is 25.2 Å². The zero-order valence-electron chi connectivity index (χ0n) is 27.5. The standard InChI is InChI=1S/C37H40F2N6O4/c1-2-22-25(38)5-3-18-9-21(47)11-24(29(18)22)32-31(39)33-30-34(45-13-20-4-6-26(40-20)28(45)15-48-35(30)41-32)43-36(42-33)49-17-37(7-8-37)16-44-12-19-10-23(19)27(44)14-46/h3,5,9,11,19-20,23,26-28,40,46-47H,2,4,6-8,10,12-17H2,1H3/t19-,20-,23-,26+,27-,28+/m1/s1. The second-order valence-corrected chi connectivity index (χ2v) is 15.3. The van der Waals surface area contributed by atoms with E-state index < -0.39 is 11.6 Å². The number of halogens is 2. The van der Waals surface area contributed by atoms with E-state index in [-0.39, 0.29) is 70.6 Å². The summed E-state index contributed by atoms with van der Waals surface area (Å²) in [4.78, 5) is 19.1. The van der Waals surface area contributed by atoms with Crippen LogP contribution in [0.2, 0.25) is 0 Å². The summed E-state index contributed by atoms with van der Waals surface area (Å²) in [5, 5.41) is 26.0. The Labute approximate surface area is 282 Å². The van der Waals surface area contributed by atoms with Crippen molar-refractivity contribution in [3.63, 3.8) is 0 Å². The van der Waals surface area contributed by atoms with Crippen LogP contribution in [0.5, 0.6) is 17.6 Å². The van der Waals surface area contributed by atoms with E-state index >= 15 is 8.78 Å². The Hall–Kier alpha value is -3.87. The first-order valence-corrected chi connectivity index (χ1v) is 17.8. The second-order valence-electron chi connectivity index (χ2n) is 15.3. The van der Waals surface area contributed by atoms with E-state index in [1.54, 1.807) is 12.1 Å². The molecule has 10 rings (SSSR count). The molecule has 2 aromatic carbocycles. The normalized spacial score (nSPS) is 29.1. The van der Waals surface area contributed by atoms with Crippen molar-refractivity contribution in [3.8, 4) is 28.9 Å². The maximum absolute atomic E-state index is 17.2. The maximum Gasteiger partial charge on any atom is 0.319 e. The highest BCUT2D eigenvalue weighted by Crippen LogP contribution is 2.54. The number of ether oxygens (including phenoxy) is 2. The zero-order valence-corrected chi connectivity index (χ0v) is 27.5. The summed E-state index contributed by atoms with van der Waals surface area (Å²) in [6, 6.07) is 6.71. The number of pyridine rings is 1. The number of nitrogens with one attached hydrogen (secondary N) is 1. The van der Waals surface area contributed by atoms with Gasteiger partial charge < -0.3 is 29.9 Å². The number of aliphatic hydroxyl groups is 1. The van der Waals surface area contributed by atoms with E-state index in [9.17, 15) is 10.2 Å². The number of hydrogen-bond acceptors (Lipinski definition) is 10. The summed E-state index contributed by atoms with van der Waals surface area (Å²) in [7, 11) is 0. The molecule has 2 bridgehead atoms. The number of fused-ring (bicyclic) bond motifs is 7. The van der Waals surface area contributed by atoms with Gasteiger partial charge in [-0.25, -0.2) is 13.8 Å². The van der Waals surface area contributed by atoms with E-state index in [1.165, 1.54) is 18.6 Å². The predicted octanol–water partition coefficient (Wildman–Crippen LogP) is 4.56. The van der Waals surface area contributed by atoms with Crippen molar-refractivity contribution >= 4 is 27.5 Å². The molecule has 2 aromatic heterocycles. The van der Waals surface area contributed by atoms with Gasteiger partial charge in [0, 0.05) is 48.7 Å². The van der Waals surface area contributed by atoms with Crippen molar-refractivity contribution in [2.45, 2.75) is 69.6 Å². The lowest BCUT2D eigenvalue weighted by molar-refractivity contribution is 0.0966. The molecule has 3 N–H and O–H groups in total. The second kappa shape index (κ2) is 10.8. The minimum absolute atomic E-state index is 0.0299. The summed E-state index contributed by atoms with van der Waals surface area (Å²) in [5.74, 6) is 0.902. The van der Waals surface area contributed by atoms with Crippen LogP contribution < -0.4 is 19.7 Å². The van der Waals surface area contributed by atoms with Crippen LogP contribution in [0.3, 0.4) is 0 Å². The van der Waals surface area contributed by atoms with Gasteiger partial charge in [-0.1, -0.05) is 13.0 Å². The first kappa shape index (κ1) is 30.0. The molecule has 6 aliphatic rings. The molecule has 0 spiro atoms. The molecule has 0 radical (unpaired) electrons. The van der Waals surface area contributed by atoms with Crippen LogP contribution in [-0.4, -0.2) is 93.7 Å². The van der Waals surface area contributed by atoms with Crippen molar-refractivity contribution in [2.75, 3.05) is 44.4 Å². The number of aromatic nitrogens is 3. The van der Waals surface area contributed by atoms with Crippen LogP contribution in [0, 0.1) is 28.9 Å². The van der Waals surface area contributed by atoms with Gasteiger partial charge in [-0.15, -0.1) is 0 Å². The lowest BCUT2D eigenvalue weighted by Gasteiger charge is -2.40. The Balaban J connectivity index is 1.09. The molecule has 5 fully saturated rings. The van der Waals surface area contributed by atoms with Gasteiger partial charge in [0.25, 0.3) is 0 Å². The fourth-order valence-corrected chi connectivity index (χ4v) is 9.46. The van der Waals surface area contributed by atoms with Crippen molar-refractivity contribution in [3.05, 3.63) is 41.5 Å². The number of piperidine rings is 1. The van der Waals surface area contributed by atoms with Gasteiger partial charge in [-0.2, -0.15) is 9.97 Å². The number of aliphatic hydroxyl groups excluding tert-OH is 1. The molecule has 2 saturated carbocycles. The fourth-order valence-electron chi connectivity index (χ4n) is 9.46. The molecule has 0 unspecified atom stereocenters. The van der Waals surface area contributed by atoms with E-state index in [2.05, 4.69) is 15.1 Å². The Morgan fingerprint density at radius 1 is 1.10 bits per heavy atom. The van der Waals surface area contributed by atoms with Crippen molar-refractivity contribution in [2.24, 2.45) is 17.3 Å². The van der Waals surface area contributed by atoms with Crippen molar-refractivity contribution in [1.29, 1.82) is 0 Å². The predicted molar refractivity (Wildman–Crippen MR) is 179 cm³/mol. The third kappa shape index (κ3) is 4.70. The number of anilines is 1. The summed E-state index contributed by atoms with van der Waals surface area (Å²) < 4.78 is 45.1. The van der Waals surface area contributed by atoms with Gasteiger partial charge in [-0.05, 0) is 84.9 Å². The minimum atomic E-state index is -0.700. The van der Waals surface area contributed by atoms with Crippen molar-refractivity contribution < 1.29 is 28.5 Å². The SMILES string of the molecule is CCc1c(F)ccc2cc(O)cc(-c3nc4c5c(nc(OCC6(CN7C[C@H]8C[C@H]8[C@H]7CO)CC6)nc5c3F)N3C[C@H]5CC[C@H](N5)[C@@H]3CO4)c12. The van der Waals surface area contributed by atoms with Gasteiger partial charge in [0.2, 0.25) is 5.88 Å².